The number of carbonyl (C=O) groups excluding carboxylic acids is 2. The largest absolute Gasteiger partial charge is 0.464 e. The summed E-state index contributed by atoms with van der Waals surface area (Å²) in [7, 11) is 0. The Morgan fingerprint density at radius 1 is 1.12 bits per heavy atom. The number of benzene rings is 1. The molecule has 4 nitrogen and oxygen atoms in total. The highest BCUT2D eigenvalue weighted by Crippen LogP contribution is 2.35. The van der Waals surface area contributed by atoms with Gasteiger partial charge in [0.2, 0.25) is 0 Å². The summed E-state index contributed by atoms with van der Waals surface area (Å²) in [6.45, 7) is 1.80. The zero-order valence-corrected chi connectivity index (χ0v) is 13.4. The first kappa shape index (κ1) is 20.9. The van der Waals surface area contributed by atoms with Crippen molar-refractivity contribution in [2.75, 3.05) is 6.61 Å². The number of carbonyl (C=O) groups is 2. The lowest BCUT2D eigenvalue weighted by molar-refractivity contribution is -0.270. The average Bonchev–Trinajstić information content (AvgIpc) is 2.54. The van der Waals surface area contributed by atoms with E-state index in [1.807, 2.05) is 6.92 Å². The highest BCUT2D eigenvalue weighted by Gasteiger charge is 2.63. The third-order valence-corrected chi connectivity index (χ3v) is 3.26. The van der Waals surface area contributed by atoms with Gasteiger partial charge in [-0.3, -0.25) is 4.79 Å². The van der Waals surface area contributed by atoms with Crippen molar-refractivity contribution in [3.63, 3.8) is 0 Å². The molecule has 1 N–H and O–H groups in total. The topological polar surface area (TPSA) is 55.4 Å². The number of halogens is 5. The maximum atomic E-state index is 13.1. The van der Waals surface area contributed by atoms with Gasteiger partial charge in [-0.05, 0) is 12.0 Å². The van der Waals surface area contributed by atoms with Crippen molar-refractivity contribution in [3.05, 3.63) is 35.9 Å². The minimum absolute atomic E-state index is 0.0217. The van der Waals surface area contributed by atoms with Crippen molar-refractivity contribution >= 4 is 11.9 Å². The van der Waals surface area contributed by atoms with Crippen LogP contribution in [0.5, 0.6) is 0 Å². The van der Waals surface area contributed by atoms with Crippen molar-refractivity contribution < 1.29 is 36.3 Å². The van der Waals surface area contributed by atoms with Crippen LogP contribution in [0.15, 0.2) is 30.3 Å². The molecule has 1 atom stereocenters. The van der Waals surface area contributed by atoms with E-state index in [0.717, 1.165) is 0 Å². The van der Waals surface area contributed by atoms with Gasteiger partial charge in [-0.2, -0.15) is 22.0 Å². The van der Waals surface area contributed by atoms with E-state index in [-0.39, 0.29) is 13.0 Å². The summed E-state index contributed by atoms with van der Waals surface area (Å²) < 4.78 is 67.9. The van der Waals surface area contributed by atoms with Gasteiger partial charge in [-0.25, -0.2) is 4.79 Å². The maximum Gasteiger partial charge on any atom is 0.463 e. The standard InChI is InChI=1S/C16H18F5NO3/c1-2-3-9-25-13(23)12(10-11-7-5-4-6-8-11)22-14(24)15(17,18)16(19,20)21/h4-8,12H,2-3,9-10H2,1H3,(H,22,24). The van der Waals surface area contributed by atoms with Gasteiger partial charge < -0.3 is 10.1 Å². The number of unbranched alkanes of at least 4 members (excludes halogenated alkanes) is 1. The minimum atomic E-state index is -6.06. The maximum absolute atomic E-state index is 13.1. The van der Waals surface area contributed by atoms with E-state index in [4.69, 9.17) is 4.74 Å². The molecule has 0 radical (unpaired) electrons. The summed E-state index contributed by atoms with van der Waals surface area (Å²) in [6, 6.07) is 6.29. The molecule has 1 rings (SSSR count). The van der Waals surface area contributed by atoms with E-state index >= 15 is 0 Å². The van der Waals surface area contributed by atoms with Gasteiger partial charge in [-0.1, -0.05) is 43.7 Å². The Balaban J connectivity index is 2.90. The van der Waals surface area contributed by atoms with Crippen LogP contribution >= 0.6 is 0 Å². The zero-order valence-electron chi connectivity index (χ0n) is 13.4. The number of amides is 1. The first-order valence-corrected chi connectivity index (χ1v) is 7.55. The molecule has 0 saturated carbocycles. The normalized spacial score (nSPS) is 13.2. The fourth-order valence-electron chi connectivity index (χ4n) is 1.84. The number of nitrogens with one attached hydrogen (secondary N) is 1. The monoisotopic (exact) mass is 367 g/mol. The van der Waals surface area contributed by atoms with Crippen LogP contribution in [0.4, 0.5) is 22.0 Å². The van der Waals surface area contributed by atoms with Crippen LogP contribution in [0, 0.1) is 0 Å². The van der Waals surface area contributed by atoms with Crippen molar-refractivity contribution in [3.8, 4) is 0 Å². The van der Waals surface area contributed by atoms with Crippen molar-refractivity contribution in [2.45, 2.75) is 44.3 Å². The molecule has 0 aliphatic heterocycles. The number of ether oxygens (including phenoxy) is 1. The summed E-state index contributed by atoms with van der Waals surface area (Å²) in [5.74, 6) is -9.26. The quantitative estimate of drug-likeness (QED) is 0.436. The molecule has 0 heterocycles. The van der Waals surface area contributed by atoms with E-state index in [1.165, 1.54) is 5.32 Å². The van der Waals surface area contributed by atoms with Gasteiger partial charge in [-0.15, -0.1) is 0 Å². The minimum Gasteiger partial charge on any atom is -0.464 e. The Bertz CT molecular complexity index is 575. The molecule has 25 heavy (non-hydrogen) atoms. The molecule has 0 fully saturated rings. The molecule has 1 aromatic rings. The molecule has 140 valence electrons. The van der Waals surface area contributed by atoms with Crippen molar-refractivity contribution in [2.24, 2.45) is 0 Å². The average molecular weight is 367 g/mol. The molecule has 9 heteroatoms. The summed E-state index contributed by atoms with van der Waals surface area (Å²) in [5, 5.41) is 1.46. The van der Waals surface area contributed by atoms with Crippen LogP contribution in [0.25, 0.3) is 0 Å². The van der Waals surface area contributed by atoms with Gasteiger partial charge in [0.15, 0.2) is 0 Å². The van der Waals surface area contributed by atoms with Gasteiger partial charge in [0.1, 0.15) is 6.04 Å². The Kier molecular flexibility index (Phi) is 7.32. The lowest BCUT2D eigenvalue weighted by atomic mass is 10.1. The van der Waals surface area contributed by atoms with Gasteiger partial charge in [0.05, 0.1) is 6.61 Å². The Morgan fingerprint density at radius 2 is 1.72 bits per heavy atom. The smallest absolute Gasteiger partial charge is 0.463 e. The number of alkyl halides is 5. The fourth-order valence-corrected chi connectivity index (χ4v) is 1.84. The zero-order chi connectivity index (χ0) is 19.1. The molecule has 0 saturated heterocycles. The van der Waals surface area contributed by atoms with E-state index in [2.05, 4.69) is 0 Å². The predicted molar refractivity (Wildman–Crippen MR) is 78.9 cm³/mol. The molecular weight excluding hydrogens is 349 g/mol. The lowest BCUT2D eigenvalue weighted by Crippen LogP contribution is -2.55. The van der Waals surface area contributed by atoms with Crippen LogP contribution in [0.3, 0.4) is 0 Å². The fraction of sp³-hybridized carbons (Fsp3) is 0.500. The number of hydrogen-bond acceptors (Lipinski definition) is 3. The Hall–Kier alpha value is -2.19. The first-order valence-electron chi connectivity index (χ1n) is 7.55. The van der Waals surface area contributed by atoms with Gasteiger partial charge in [0, 0.05) is 6.42 Å². The molecule has 1 aromatic carbocycles. The van der Waals surface area contributed by atoms with Crippen LogP contribution in [0.1, 0.15) is 25.3 Å². The van der Waals surface area contributed by atoms with Crippen LogP contribution in [-0.2, 0) is 20.7 Å². The summed E-state index contributed by atoms with van der Waals surface area (Å²) in [4.78, 5) is 23.3. The summed E-state index contributed by atoms with van der Waals surface area (Å²) in [6.07, 6.45) is -5.14. The second-order valence-electron chi connectivity index (χ2n) is 5.31. The number of esters is 1. The molecular formula is C16H18F5NO3. The number of rotatable bonds is 8. The number of hydrogen-bond donors (Lipinski definition) is 1. The van der Waals surface area contributed by atoms with Crippen LogP contribution in [-0.4, -0.2) is 36.6 Å². The highest BCUT2D eigenvalue weighted by molar-refractivity contribution is 5.89. The summed E-state index contributed by atoms with van der Waals surface area (Å²) in [5.41, 5.74) is 0.468. The molecule has 1 amide bonds. The van der Waals surface area contributed by atoms with Crippen molar-refractivity contribution in [1.29, 1.82) is 0 Å². The van der Waals surface area contributed by atoms with E-state index in [0.29, 0.717) is 18.4 Å². The molecule has 0 spiro atoms. The predicted octanol–water partition coefficient (Wildman–Crippen LogP) is 3.25. The van der Waals surface area contributed by atoms with E-state index in [9.17, 15) is 31.5 Å². The molecule has 1 unspecified atom stereocenters. The van der Waals surface area contributed by atoms with Crippen LogP contribution < -0.4 is 5.32 Å². The van der Waals surface area contributed by atoms with E-state index < -0.39 is 30.0 Å². The lowest BCUT2D eigenvalue weighted by Gasteiger charge is -2.23. The first-order chi connectivity index (χ1) is 11.6. The highest BCUT2D eigenvalue weighted by atomic mass is 19.4. The van der Waals surface area contributed by atoms with Crippen LogP contribution in [0.2, 0.25) is 0 Å². The van der Waals surface area contributed by atoms with Gasteiger partial charge in [0.25, 0.3) is 0 Å². The third-order valence-electron chi connectivity index (χ3n) is 3.26. The summed E-state index contributed by atoms with van der Waals surface area (Å²) >= 11 is 0. The third kappa shape index (κ3) is 5.99. The van der Waals surface area contributed by atoms with Gasteiger partial charge >= 0.3 is 24.0 Å². The van der Waals surface area contributed by atoms with Crippen molar-refractivity contribution in [1.82, 2.24) is 5.32 Å². The SMILES string of the molecule is CCCCOC(=O)C(Cc1ccccc1)NC(=O)C(F)(F)C(F)(F)F. The second kappa shape index (κ2) is 8.77. The Labute approximate surface area is 141 Å². The second-order valence-corrected chi connectivity index (χ2v) is 5.31. The molecule has 0 aliphatic rings. The molecule has 0 aliphatic carbocycles. The molecule has 0 aromatic heterocycles. The Morgan fingerprint density at radius 3 is 2.24 bits per heavy atom. The molecule has 0 bridgehead atoms. The van der Waals surface area contributed by atoms with E-state index in [1.54, 1.807) is 30.3 Å².